The molecule has 0 aliphatic carbocycles. The highest BCUT2D eigenvalue weighted by Gasteiger charge is 2.14. The molecule has 5 nitrogen and oxygen atoms in total. The van der Waals surface area contributed by atoms with Crippen LogP contribution in [-0.4, -0.2) is 36.2 Å². The summed E-state index contributed by atoms with van der Waals surface area (Å²) in [6.45, 7) is 0. The molecule has 1 aromatic heterocycles. The first-order chi connectivity index (χ1) is 6.56. The zero-order valence-electron chi connectivity index (χ0n) is 7.97. The van der Waals surface area contributed by atoms with Gasteiger partial charge >= 0.3 is 7.12 Å². The Bertz CT molecular complexity index is 373. The monoisotopic (exact) mass is 191 g/mol. The second kappa shape index (κ2) is 4.09. The number of nitriles is 1. The van der Waals surface area contributed by atoms with Crippen molar-refractivity contribution in [2.24, 2.45) is 0 Å². The van der Waals surface area contributed by atoms with Crippen LogP contribution in [0, 0.1) is 11.3 Å². The molecule has 1 aromatic rings. The number of anilines is 1. The summed E-state index contributed by atoms with van der Waals surface area (Å²) in [5.41, 5.74) is 0.535. The van der Waals surface area contributed by atoms with Gasteiger partial charge in [-0.1, -0.05) is 0 Å². The van der Waals surface area contributed by atoms with Gasteiger partial charge in [0.15, 0.2) is 0 Å². The highest BCUT2D eigenvalue weighted by atomic mass is 16.4. The van der Waals surface area contributed by atoms with Crippen molar-refractivity contribution in [3.63, 3.8) is 0 Å². The summed E-state index contributed by atoms with van der Waals surface area (Å²) < 4.78 is 0. The molecule has 0 radical (unpaired) electrons. The Morgan fingerprint density at radius 1 is 1.50 bits per heavy atom. The van der Waals surface area contributed by atoms with E-state index in [1.54, 1.807) is 19.0 Å². The van der Waals surface area contributed by atoms with Crippen molar-refractivity contribution in [2.75, 3.05) is 19.0 Å². The van der Waals surface area contributed by atoms with Gasteiger partial charge in [-0.3, -0.25) is 0 Å². The van der Waals surface area contributed by atoms with Crippen LogP contribution in [0.4, 0.5) is 5.82 Å². The molecule has 2 N–H and O–H groups in total. The molecule has 0 spiro atoms. The third-order valence-electron chi connectivity index (χ3n) is 1.73. The predicted molar refractivity (Wildman–Crippen MR) is 53.1 cm³/mol. The molecule has 0 fully saturated rings. The Labute approximate surface area is 82.4 Å². The minimum atomic E-state index is -1.59. The highest BCUT2D eigenvalue weighted by molar-refractivity contribution is 6.58. The van der Waals surface area contributed by atoms with Crippen molar-refractivity contribution in [1.29, 1.82) is 5.26 Å². The van der Waals surface area contributed by atoms with Gasteiger partial charge < -0.3 is 14.9 Å². The summed E-state index contributed by atoms with van der Waals surface area (Å²) in [4.78, 5) is 5.64. The molecule has 0 aromatic carbocycles. The van der Waals surface area contributed by atoms with Crippen molar-refractivity contribution in [1.82, 2.24) is 4.98 Å². The topological polar surface area (TPSA) is 80.4 Å². The molecule has 72 valence electrons. The minimum Gasteiger partial charge on any atom is -0.423 e. The first-order valence-corrected chi connectivity index (χ1v) is 3.99. The molecule has 0 bridgehead atoms. The molecule has 1 heterocycles. The van der Waals surface area contributed by atoms with E-state index in [-0.39, 0.29) is 5.46 Å². The summed E-state index contributed by atoms with van der Waals surface area (Å²) in [5.74, 6) is 0.511. The lowest BCUT2D eigenvalue weighted by Gasteiger charge is -2.13. The largest absolute Gasteiger partial charge is 0.490 e. The van der Waals surface area contributed by atoms with Crippen LogP contribution in [0.5, 0.6) is 0 Å². The molecule has 0 aliphatic rings. The van der Waals surface area contributed by atoms with Gasteiger partial charge in [0.25, 0.3) is 0 Å². The Hall–Kier alpha value is -1.58. The minimum absolute atomic E-state index is 0.215. The zero-order valence-corrected chi connectivity index (χ0v) is 7.97. The van der Waals surface area contributed by atoms with E-state index in [2.05, 4.69) is 4.98 Å². The first kappa shape index (κ1) is 10.5. The van der Waals surface area contributed by atoms with Crippen LogP contribution in [0.25, 0.3) is 0 Å². The normalized spacial score (nSPS) is 9.36. The van der Waals surface area contributed by atoms with Crippen LogP contribution in [0.3, 0.4) is 0 Å². The van der Waals surface area contributed by atoms with Gasteiger partial charge in [0.1, 0.15) is 11.9 Å². The molecule has 14 heavy (non-hydrogen) atoms. The predicted octanol–water partition coefficient (Wildman–Crippen LogP) is -1.30. The average Bonchev–Trinajstić information content (AvgIpc) is 2.16. The SMILES string of the molecule is CN(C)c1ncc(B(O)O)cc1C#N. The summed E-state index contributed by atoms with van der Waals surface area (Å²) in [5, 5.41) is 26.5. The lowest BCUT2D eigenvalue weighted by Crippen LogP contribution is -2.31. The van der Waals surface area contributed by atoms with Crippen molar-refractivity contribution in [3.8, 4) is 6.07 Å². The molecule has 0 unspecified atom stereocenters. The number of hydrogen-bond donors (Lipinski definition) is 2. The maximum absolute atomic E-state index is 8.87. The smallest absolute Gasteiger partial charge is 0.423 e. The van der Waals surface area contributed by atoms with E-state index in [9.17, 15) is 0 Å². The van der Waals surface area contributed by atoms with Gasteiger partial charge in [0.2, 0.25) is 0 Å². The fraction of sp³-hybridized carbons (Fsp3) is 0.250. The average molecular weight is 191 g/mol. The van der Waals surface area contributed by atoms with Gasteiger partial charge in [0, 0.05) is 25.8 Å². The lowest BCUT2D eigenvalue weighted by atomic mass is 9.81. The standard InChI is InChI=1S/C8H10BN3O2/c1-12(2)8-6(4-10)3-7(5-11-8)9(13)14/h3,5,13-14H,1-2H3. The summed E-state index contributed by atoms with van der Waals surface area (Å²) in [6.07, 6.45) is 1.33. The number of nitrogens with zero attached hydrogens (tertiary/aromatic N) is 3. The van der Waals surface area contributed by atoms with Crippen LogP contribution >= 0.6 is 0 Å². The number of hydrogen-bond acceptors (Lipinski definition) is 5. The Morgan fingerprint density at radius 2 is 2.14 bits per heavy atom. The van der Waals surface area contributed by atoms with Gasteiger partial charge in [-0.2, -0.15) is 5.26 Å². The van der Waals surface area contributed by atoms with Gasteiger partial charge in [-0.15, -0.1) is 0 Å². The Morgan fingerprint density at radius 3 is 2.57 bits per heavy atom. The summed E-state index contributed by atoms with van der Waals surface area (Å²) in [6, 6.07) is 3.36. The van der Waals surface area contributed by atoms with Crippen molar-refractivity contribution in [2.45, 2.75) is 0 Å². The van der Waals surface area contributed by atoms with Crippen LogP contribution in [0.2, 0.25) is 0 Å². The fourth-order valence-electron chi connectivity index (χ4n) is 1.05. The molecular formula is C8H10BN3O2. The van der Waals surface area contributed by atoms with E-state index in [0.717, 1.165) is 0 Å². The first-order valence-electron chi connectivity index (χ1n) is 3.99. The molecule has 0 aliphatic heterocycles. The van der Waals surface area contributed by atoms with Crippen LogP contribution in [-0.2, 0) is 0 Å². The van der Waals surface area contributed by atoms with E-state index in [1.807, 2.05) is 6.07 Å². The molecule has 0 amide bonds. The maximum atomic E-state index is 8.87. The Kier molecular flexibility index (Phi) is 3.07. The molecule has 0 saturated carbocycles. The van der Waals surface area contributed by atoms with Crippen LogP contribution < -0.4 is 10.4 Å². The van der Waals surface area contributed by atoms with Crippen LogP contribution in [0.15, 0.2) is 12.3 Å². The van der Waals surface area contributed by atoms with Crippen molar-refractivity contribution < 1.29 is 10.0 Å². The van der Waals surface area contributed by atoms with Crippen molar-refractivity contribution >= 4 is 18.4 Å². The maximum Gasteiger partial charge on any atom is 0.490 e. The fourth-order valence-corrected chi connectivity index (χ4v) is 1.05. The second-order valence-corrected chi connectivity index (χ2v) is 3.02. The summed E-state index contributed by atoms with van der Waals surface area (Å²) >= 11 is 0. The Balaban J connectivity index is 3.20. The number of pyridine rings is 1. The number of aromatic nitrogens is 1. The molecule has 0 saturated heterocycles. The third-order valence-corrected chi connectivity index (χ3v) is 1.73. The van der Waals surface area contributed by atoms with E-state index < -0.39 is 7.12 Å². The second-order valence-electron chi connectivity index (χ2n) is 3.02. The van der Waals surface area contributed by atoms with Gasteiger partial charge in [0.05, 0.1) is 5.56 Å². The molecular weight excluding hydrogens is 181 g/mol. The molecule has 6 heteroatoms. The number of rotatable bonds is 2. The highest BCUT2D eigenvalue weighted by Crippen LogP contribution is 2.11. The van der Waals surface area contributed by atoms with Crippen LogP contribution in [0.1, 0.15) is 5.56 Å². The third kappa shape index (κ3) is 2.02. The van der Waals surface area contributed by atoms with E-state index >= 15 is 0 Å². The molecule has 0 atom stereocenters. The lowest BCUT2D eigenvalue weighted by molar-refractivity contribution is 0.425. The van der Waals surface area contributed by atoms with E-state index in [1.165, 1.54) is 12.3 Å². The van der Waals surface area contributed by atoms with E-state index in [0.29, 0.717) is 11.4 Å². The zero-order chi connectivity index (χ0) is 10.7. The van der Waals surface area contributed by atoms with Gasteiger partial charge in [-0.05, 0) is 6.07 Å². The van der Waals surface area contributed by atoms with E-state index in [4.69, 9.17) is 15.3 Å². The molecule has 1 rings (SSSR count). The van der Waals surface area contributed by atoms with Crippen molar-refractivity contribution in [3.05, 3.63) is 17.8 Å². The quantitative estimate of drug-likeness (QED) is 0.567. The summed E-state index contributed by atoms with van der Waals surface area (Å²) in [7, 11) is 1.93. The van der Waals surface area contributed by atoms with Gasteiger partial charge in [-0.25, -0.2) is 4.98 Å².